The second-order valence-corrected chi connectivity index (χ2v) is 7.83. The molecule has 0 atom stereocenters. The molecule has 2 aromatic carbocycles. The molecular formula is C18H18N4O4S. The van der Waals surface area contributed by atoms with Crippen molar-refractivity contribution in [1.82, 2.24) is 9.78 Å². The maximum Gasteiger partial charge on any atom is 0.269 e. The monoisotopic (exact) mass is 386 g/mol. The molecule has 0 radical (unpaired) electrons. The van der Waals surface area contributed by atoms with Crippen molar-refractivity contribution in [2.24, 2.45) is 0 Å². The van der Waals surface area contributed by atoms with Crippen molar-refractivity contribution in [3.63, 3.8) is 0 Å². The van der Waals surface area contributed by atoms with E-state index in [1.165, 1.54) is 12.1 Å². The lowest BCUT2D eigenvalue weighted by molar-refractivity contribution is -0.384. The van der Waals surface area contributed by atoms with Gasteiger partial charge in [-0.15, -0.1) is 0 Å². The summed E-state index contributed by atoms with van der Waals surface area (Å²) in [5.74, 6) is 0. The van der Waals surface area contributed by atoms with E-state index in [0.717, 1.165) is 5.56 Å². The molecule has 0 saturated heterocycles. The number of non-ortho nitro benzene ring substituents is 1. The molecule has 1 heterocycles. The number of hydrogen-bond donors (Lipinski definition) is 1. The van der Waals surface area contributed by atoms with E-state index in [-0.39, 0.29) is 10.6 Å². The number of rotatable bonds is 5. The SMILES string of the molecule is Cc1ccc(S(=O)(=O)Nc2c(C)nn(-c3ccc([N+](=O)[O-])cc3)c2C)cc1. The van der Waals surface area contributed by atoms with Crippen molar-refractivity contribution in [2.75, 3.05) is 4.72 Å². The minimum Gasteiger partial charge on any atom is -0.276 e. The summed E-state index contributed by atoms with van der Waals surface area (Å²) in [5, 5.41) is 15.2. The smallest absolute Gasteiger partial charge is 0.269 e. The molecule has 3 rings (SSSR count). The third kappa shape index (κ3) is 3.68. The molecular weight excluding hydrogens is 368 g/mol. The van der Waals surface area contributed by atoms with Gasteiger partial charge in [0, 0.05) is 12.1 Å². The van der Waals surface area contributed by atoms with E-state index in [1.54, 1.807) is 54.9 Å². The van der Waals surface area contributed by atoms with Crippen molar-refractivity contribution >= 4 is 21.4 Å². The number of nitro benzene ring substituents is 1. The number of aryl methyl sites for hydroxylation is 2. The van der Waals surface area contributed by atoms with Crippen LogP contribution in [-0.4, -0.2) is 23.1 Å². The van der Waals surface area contributed by atoms with E-state index in [0.29, 0.717) is 22.8 Å². The number of benzene rings is 2. The quantitative estimate of drug-likeness (QED) is 0.533. The molecule has 0 aliphatic heterocycles. The van der Waals surface area contributed by atoms with Gasteiger partial charge in [-0.25, -0.2) is 13.1 Å². The third-order valence-electron chi connectivity index (χ3n) is 4.16. The fraction of sp³-hybridized carbons (Fsp3) is 0.167. The predicted molar refractivity (Wildman–Crippen MR) is 102 cm³/mol. The molecule has 0 unspecified atom stereocenters. The molecule has 0 amide bonds. The van der Waals surface area contributed by atoms with Crippen molar-refractivity contribution in [2.45, 2.75) is 25.7 Å². The second-order valence-electron chi connectivity index (χ2n) is 6.15. The van der Waals surface area contributed by atoms with E-state index in [4.69, 9.17) is 0 Å². The summed E-state index contributed by atoms with van der Waals surface area (Å²) >= 11 is 0. The first-order valence-electron chi connectivity index (χ1n) is 8.09. The maximum absolute atomic E-state index is 12.7. The fourth-order valence-corrected chi connectivity index (χ4v) is 3.84. The molecule has 0 saturated carbocycles. The molecule has 8 nitrogen and oxygen atoms in total. The Kier molecular flexibility index (Phi) is 4.71. The molecule has 0 bridgehead atoms. The van der Waals surface area contributed by atoms with E-state index < -0.39 is 14.9 Å². The highest BCUT2D eigenvalue weighted by atomic mass is 32.2. The fourth-order valence-electron chi connectivity index (χ4n) is 2.67. The number of nitro groups is 1. The Labute approximate surface area is 156 Å². The van der Waals surface area contributed by atoms with Crippen LogP contribution in [0.1, 0.15) is 17.0 Å². The van der Waals surface area contributed by atoms with Crippen LogP contribution in [0.4, 0.5) is 11.4 Å². The molecule has 0 spiro atoms. The van der Waals surface area contributed by atoms with Crippen LogP contribution in [0, 0.1) is 30.9 Å². The second kappa shape index (κ2) is 6.84. The summed E-state index contributed by atoms with van der Waals surface area (Å²) in [6, 6.07) is 12.4. The lowest BCUT2D eigenvalue weighted by Gasteiger charge is -2.09. The Hall–Kier alpha value is -3.20. The van der Waals surface area contributed by atoms with E-state index in [2.05, 4.69) is 9.82 Å². The number of nitrogens with one attached hydrogen (secondary N) is 1. The van der Waals surface area contributed by atoms with Crippen molar-refractivity contribution in [3.05, 3.63) is 75.6 Å². The highest BCUT2D eigenvalue weighted by Crippen LogP contribution is 2.26. The highest BCUT2D eigenvalue weighted by Gasteiger charge is 2.20. The predicted octanol–water partition coefficient (Wildman–Crippen LogP) is 3.51. The van der Waals surface area contributed by atoms with Gasteiger partial charge in [0.2, 0.25) is 0 Å². The molecule has 9 heteroatoms. The van der Waals surface area contributed by atoms with E-state index in [1.807, 2.05) is 6.92 Å². The maximum atomic E-state index is 12.7. The zero-order valence-electron chi connectivity index (χ0n) is 15.0. The molecule has 27 heavy (non-hydrogen) atoms. The first kappa shape index (κ1) is 18.6. The molecule has 0 aliphatic rings. The van der Waals surface area contributed by atoms with Gasteiger partial charge in [0.15, 0.2) is 0 Å². The molecule has 3 aromatic rings. The number of sulfonamides is 1. The van der Waals surface area contributed by atoms with Crippen molar-refractivity contribution in [1.29, 1.82) is 0 Å². The summed E-state index contributed by atoms with van der Waals surface area (Å²) in [4.78, 5) is 10.5. The average Bonchev–Trinajstić information content (AvgIpc) is 2.90. The Bertz CT molecular complexity index is 1100. The van der Waals surface area contributed by atoms with E-state index in [9.17, 15) is 18.5 Å². The lowest BCUT2D eigenvalue weighted by atomic mass is 10.2. The lowest BCUT2D eigenvalue weighted by Crippen LogP contribution is -2.14. The molecule has 1 N–H and O–H groups in total. The Morgan fingerprint density at radius 2 is 1.59 bits per heavy atom. The van der Waals surface area contributed by atoms with Gasteiger partial charge in [0.25, 0.3) is 15.7 Å². The summed E-state index contributed by atoms with van der Waals surface area (Å²) < 4.78 is 29.5. The van der Waals surface area contributed by atoms with Gasteiger partial charge in [-0.3, -0.25) is 14.8 Å². The highest BCUT2D eigenvalue weighted by molar-refractivity contribution is 7.92. The topological polar surface area (TPSA) is 107 Å². The molecule has 0 fully saturated rings. The van der Waals surface area contributed by atoms with Crippen molar-refractivity contribution < 1.29 is 13.3 Å². The van der Waals surface area contributed by atoms with Crippen LogP contribution < -0.4 is 4.72 Å². The summed E-state index contributed by atoms with van der Waals surface area (Å²) in [6.07, 6.45) is 0. The number of nitrogens with zero attached hydrogens (tertiary/aromatic N) is 3. The molecule has 140 valence electrons. The van der Waals surface area contributed by atoms with Crippen molar-refractivity contribution in [3.8, 4) is 5.69 Å². The first-order valence-corrected chi connectivity index (χ1v) is 9.58. The van der Waals surface area contributed by atoms with Gasteiger partial charge in [-0.05, 0) is 45.0 Å². The molecule has 0 aliphatic carbocycles. The number of anilines is 1. The molecule has 1 aromatic heterocycles. The van der Waals surface area contributed by atoms with Crippen LogP contribution in [-0.2, 0) is 10.0 Å². The van der Waals surface area contributed by atoms with Crippen LogP contribution in [0.2, 0.25) is 0 Å². The summed E-state index contributed by atoms with van der Waals surface area (Å²) in [6.45, 7) is 5.31. The van der Waals surface area contributed by atoms with Gasteiger partial charge in [-0.2, -0.15) is 5.10 Å². The standard InChI is InChI=1S/C18H18N4O4S/c1-12-4-10-17(11-5-12)27(25,26)20-18-13(2)19-21(14(18)3)15-6-8-16(9-7-15)22(23)24/h4-11,20H,1-3H3. The van der Waals surface area contributed by atoms with Gasteiger partial charge >= 0.3 is 0 Å². The Morgan fingerprint density at radius 3 is 2.15 bits per heavy atom. The largest absolute Gasteiger partial charge is 0.276 e. The Morgan fingerprint density at radius 1 is 1.00 bits per heavy atom. The Balaban J connectivity index is 1.96. The minimum absolute atomic E-state index is 0.0272. The van der Waals surface area contributed by atoms with Crippen LogP contribution in [0.3, 0.4) is 0 Å². The van der Waals surface area contributed by atoms with Gasteiger partial charge in [-0.1, -0.05) is 17.7 Å². The normalized spacial score (nSPS) is 11.4. The number of hydrogen-bond acceptors (Lipinski definition) is 5. The third-order valence-corrected chi connectivity index (χ3v) is 5.53. The van der Waals surface area contributed by atoms with Crippen LogP contribution in [0.25, 0.3) is 5.69 Å². The average molecular weight is 386 g/mol. The van der Waals surface area contributed by atoms with Gasteiger partial charge < -0.3 is 0 Å². The van der Waals surface area contributed by atoms with Crippen LogP contribution in [0.15, 0.2) is 53.4 Å². The minimum atomic E-state index is -3.75. The van der Waals surface area contributed by atoms with Gasteiger partial charge in [0.05, 0.1) is 32.6 Å². The van der Waals surface area contributed by atoms with Crippen LogP contribution in [0.5, 0.6) is 0 Å². The number of aromatic nitrogens is 2. The summed E-state index contributed by atoms with van der Waals surface area (Å²) in [7, 11) is -3.75. The van der Waals surface area contributed by atoms with Crippen LogP contribution >= 0.6 is 0 Å². The van der Waals surface area contributed by atoms with Gasteiger partial charge in [0.1, 0.15) is 0 Å². The zero-order valence-corrected chi connectivity index (χ0v) is 15.8. The summed E-state index contributed by atoms with van der Waals surface area (Å²) in [5.41, 5.74) is 3.00. The van der Waals surface area contributed by atoms with E-state index >= 15 is 0 Å². The zero-order chi connectivity index (χ0) is 19.8. The first-order chi connectivity index (χ1) is 12.7.